The van der Waals surface area contributed by atoms with Crippen LogP contribution in [0.5, 0.6) is 11.5 Å². The Kier molecular flexibility index (Phi) is 6.21. The van der Waals surface area contributed by atoms with Crippen LogP contribution in [-0.4, -0.2) is 34.9 Å². The maximum absolute atomic E-state index is 12.2. The summed E-state index contributed by atoms with van der Waals surface area (Å²) in [5, 5.41) is 19.7. The van der Waals surface area contributed by atoms with Crippen LogP contribution in [0.15, 0.2) is 36.5 Å². The minimum absolute atomic E-state index is 0.0806. The van der Waals surface area contributed by atoms with E-state index in [0.717, 1.165) is 25.7 Å². The summed E-state index contributed by atoms with van der Waals surface area (Å²) in [4.78, 5) is 12.2. The Labute approximate surface area is 158 Å². The Morgan fingerprint density at radius 3 is 2.78 bits per heavy atom. The van der Waals surface area contributed by atoms with E-state index in [-0.39, 0.29) is 18.1 Å². The number of nitrogens with one attached hydrogen (secondary N) is 1. The summed E-state index contributed by atoms with van der Waals surface area (Å²) in [5.41, 5.74) is 0.830. The van der Waals surface area contributed by atoms with Crippen molar-refractivity contribution in [3.05, 3.63) is 47.8 Å². The van der Waals surface area contributed by atoms with E-state index in [0.29, 0.717) is 29.4 Å². The van der Waals surface area contributed by atoms with E-state index >= 15 is 0 Å². The fourth-order valence-corrected chi connectivity index (χ4v) is 3.14. The highest BCUT2D eigenvalue weighted by Crippen LogP contribution is 2.28. The summed E-state index contributed by atoms with van der Waals surface area (Å²) in [6, 6.07) is 10.9. The molecule has 1 aromatic carbocycles. The first-order valence-corrected chi connectivity index (χ1v) is 9.11. The Morgan fingerprint density at radius 2 is 2.11 bits per heavy atom. The van der Waals surface area contributed by atoms with Crippen LogP contribution in [-0.2, 0) is 0 Å². The number of hydrogen-bond acceptors (Lipinski definition) is 6. The van der Waals surface area contributed by atoms with E-state index in [1.54, 1.807) is 36.5 Å². The molecule has 7 nitrogen and oxygen atoms in total. The molecule has 0 atom stereocenters. The molecule has 1 heterocycles. The lowest BCUT2D eigenvalue weighted by molar-refractivity contribution is 0.0887. The predicted octanol–water partition coefficient (Wildman–Crippen LogP) is 2.87. The largest absolute Gasteiger partial charge is 0.492 e. The van der Waals surface area contributed by atoms with Gasteiger partial charge in [0.2, 0.25) is 0 Å². The van der Waals surface area contributed by atoms with Crippen molar-refractivity contribution in [2.45, 2.75) is 44.8 Å². The molecule has 0 radical (unpaired) electrons. The van der Waals surface area contributed by atoms with Crippen molar-refractivity contribution in [3.8, 4) is 17.6 Å². The van der Waals surface area contributed by atoms with E-state index in [4.69, 9.17) is 14.7 Å². The molecule has 2 aromatic rings. The minimum atomic E-state index is -0.194. The van der Waals surface area contributed by atoms with Crippen LogP contribution < -0.4 is 14.8 Å². The number of carbonyl (C=O) groups excluding carboxylic acids is 1. The molecule has 1 amide bonds. The zero-order valence-electron chi connectivity index (χ0n) is 15.2. The van der Waals surface area contributed by atoms with Crippen LogP contribution in [0.25, 0.3) is 0 Å². The van der Waals surface area contributed by atoms with Gasteiger partial charge < -0.3 is 14.8 Å². The number of aromatic nitrogens is 2. The van der Waals surface area contributed by atoms with E-state index in [1.165, 1.54) is 0 Å². The molecule has 140 valence electrons. The third-order valence-electron chi connectivity index (χ3n) is 4.49. The maximum Gasteiger partial charge on any atom is 0.272 e. The molecule has 1 N–H and O–H groups in total. The van der Waals surface area contributed by atoms with Gasteiger partial charge in [0.15, 0.2) is 5.69 Å². The van der Waals surface area contributed by atoms with Crippen LogP contribution in [0.1, 0.15) is 48.7 Å². The Bertz CT molecular complexity index is 812. The summed E-state index contributed by atoms with van der Waals surface area (Å²) < 4.78 is 11.6. The Morgan fingerprint density at radius 1 is 1.30 bits per heavy atom. The number of rotatable bonds is 6. The lowest BCUT2D eigenvalue weighted by atomic mass is 9.92. The quantitative estimate of drug-likeness (QED) is 0.844. The number of benzene rings is 1. The number of carbonyl (C=O) groups is 1. The van der Waals surface area contributed by atoms with Crippen molar-refractivity contribution in [1.82, 2.24) is 15.5 Å². The molecule has 27 heavy (non-hydrogen) atoms. The highest BCUT2D eigenvalue weighted by Gasteiger charge is 2.24. The van der Waals surface area contributed by atoms with Crippen molar-refractivity contribution >= 4 is 5.91 Å². The Balaban J connectivity index is 1.52. The standard InChI is InChI=1S/C20H22N4O3/c1-2-26-19-12-17(8-5-14(19)13-21)27-16-9-6-15(7-10-16)23-20(25)18-4-3-11-22-24-18/h3-5,8,11-12,15-16H,2,6-7,9-10H2,1H3,(H,23,25). The zero-order chi connectivity index (χ0) is 19.1. The van der Waals surface area contributed by atoms with E-state index in [1.807, 2.05) is 6.92 Å². The topological polar surface area (TPSA) is 97.1 Å². The number of amides is 1. The van der Waals surface area contributed by atoms with Crippen molar-refractivity contribution < 1.29 is 14.3 Å². The molecule has 0 bridgehead atoms. The molecule has 1 aromatic heterocycles. The van der Waals surface area contributed by atoms with Gasteiger partial charge in [0.1, 0.15) is 17.6 Å². The zero-order valence-corrected chi connectivity index (χ0v) is 15.2. The third-order valence-corrected chi connectivity index (χ3v) is 4.49. The van der Waals surface area contributed by atoms with Crippen molar-refractivity contribution in [3.63, 3.8) is 0 Å². The lowest BCUT2D eigenvalue weighted by Gasteiger charge is -2.29. The molecular formula is C20H22N4O3. The normalized spacial score (nSPS) is 19.0. The van der Waals surface area contributed by atoms with Gasteiger partial charge in [0.25, 0.3) is 5.91 Å². The van der Waals surface area contributed by atoms with Gasteiger partial charge in [-0.1, -0.05) is 0 Å². The van der Waals surface area contributed by atoms with Crippen molar-refractivity contribution in [2.24, 2.45) is 0 Å². The molecule has 1 fully saturated rings. The highest BCUT2D eigenvalue weighted by molar-refractivity contribution is 5.92. The van der Waals surface area contributed by atoms with Crippen LogP contribution in [0, 0.1) is 11.3 Å². The Hall–Kier alpha value is -3.14. The van der Waals surface area contributed by atoms with Gasteiger partial charge in [-0.15, -0.1) is 5.10 Å². The molecule has 0 aliphatic heterocycles. The monoisotopic (exact) mass is 366 g/mol. The number of nitrogens with zero attached hydrogens (tertiary/aromatic N) is 3. The molecule has 1 aliphatic rings. The van der Waals surface area contributed by atoms with Gasteiger partial charge in [-0.05, 0) is 56.9 Å². The van der Waals surface area contributed by atoms with Gasteiger partial charge >= 0.3 is 0 Å². The third kappa shape index (κ3) is 4.94. The van der Waals surface area contributed by atoms with Crippen LogP contribution in [0.3, 0.4) is 0 Å². The van der Waals surface area contributed by atoms with Crippen molar-refractivity contribution in [2.75, 3.05) is 6.61 Å². The van der Waals surface area contributed by atoms with Gasteiger partial charge in [0, 0.05) is 18.3 Å². The molecule has 0 spiro atoms. The molecule has 1 aliphatic carbocycles. The van der Waals surface area contributed by atoms with Gasteiger partial charge in [-0.25, -0.2) is 0 Å². The second-order valence-corrected chi connectivity index (χ2v) is 6.38. The molecule has 1 saturated carbocycles. The summed E-state index contributed by atoms with van der Waals surface area (Å²) in [6.45, 7) is 2.38. The number of hydrogen-bond donors (Lipinski definition) is 1. The van der Waals surface area contributed by atoms with E-state index in [2.05, 4.69) is 21.6 Å². The second-order valence-electron chi connectivity index (χ2n) is 6.38. The first kappa shape index (κ1) is 18.6. The maximum atomic E-state index is 12.2. The van der Waals surface area contributed by atoms with Gasteiger partial charge in [0.05, 0.1) is 18.3 Å². The number of ether oxygens (including phenoxy) is 2. The SMILES string of the molecule is CCOc1cc(OC2CCC(NC(=O)c3cccnn3)CC2)ccc1C#N. The second kappa shape index (κ2) is 8.99. The van der Waals surface area contributed by atoms with Gasteiger partial charge in [-0.3, -0.25) is 4.79 Å². The molecule has 7 heteroatoms. The lowest BCUT2D eigenvalue weighted by Crippen LogP contribution is -2.40. The van der Waals surface area contributed by atoms with Crippen molar-refractivity contribution in [1.29, 1.82) is 5.26 Å². The summed E-state index contributed by atoms with van der Waals surface area (Å²) in [7, 11) is 0. The fraction of sp³-hybridized carbons (Fsp3) is 0.400. The number of nitriles is 1. The summed E-state index contributed by atoms with van der Waals surface area (Å²) >= 11 is 0. The molecule has 0 unspecified atom stereocenters. The van der Waals surface area contributed by atoms with Crippen LogP contribution >= 0.6 is 0 Å². The smallest absolute Gasteiger partial charge is 0.272 e. The molecular weight excluding hydrogens is 344 g/mol. The summed E-state index contributed by atoms with van der Waals surface area (Å²) in [6.07, 6.45) is 4.98. The average molecular weight is 366 g/mol. The van der Waals surface area contributed by atoms with Gasteiger partial charge in [-0.2, -0.15) is 10.4 Å². The van der Waals surface area contributed by atoms with Crippen LogP contribution in [0.4, 0.5) is 0 Å². The predicted molar refractivity (Wildman–Crippen MR) is 98.5 cm³/mol. The first-order chi connectivity index (χ1) is 13.2. The minimum Gasteiger partial charge on any atom is -0.492 e. The fourth-order valence-electron chi connectivity index (χ4n) is 3.14. The first-order valence-electron chi connectivity index (χ1n) is 9.11. The highest BCUT2D eigenvalue weighted by atomic mass is 16.5. The molecule has 0 saturated heterocycles. The molecule has 3 rings (SSSR count). The summed E-state index contributed by atoms with van der Waals surface area (Å²) in [5.74, 6) is 1.05. The van der Waals surface area contributed by atoms with E-state index in [9.17, 15) is 4.79 Å². The van der Waals surface area contributed by atoms with Crippen LogP contribution in [0.2, 0.25) is 0 Å². The average Bonchev–Trinajstić information content (AvgIpc) is 2.71. The van der Waals surface area contributed by atoms with E-state index < -0.39 is 0 Å².